The van der Waals surface area contributed by atoms with Gasteiger partial charge in [0.05, 0.1) is 10.6 Å². The molecule has 0 fully saturated rings. The third kappa shape index (κ3) is 3.52. The molecule has 1 N–H and O–H groups in total. The van der Waals surface area contributed by atoms with E-state index in [1.807, 2.05) is 0 Å². The highest BCUT2D eigenvalue weighted by Crippen LogP contribution is 2.35. The van der Waals surface area contributed by atoms with E-state index in [0.717, 1.165) is 12.1 Å². The zero-order valence-electron chi connectivity index (χ0n) is 8.58. The Kier molecular flexibility index (Phi) is 3.87. The Labute approximate surface area is 99.8 Å². The summed E-state index contributed by atoms with van der Waals surface area (Å²) in [5, 5.41) is 8.50. The molecule has 0 amide bonds. The summed E-state index contributed by atoms with van der Waals surface area (Å²) in [5.74, 6) is -1.60. The van der Waals surface area contributed by atoms with Crippen LogP contribution in [0.3, 0.4) is 0 Å². The largest absolute Gasteiger partial charge is 0.479 e. The second-order valence-electron chi connectivity index (χ2n) is 3.24. The van der Waals surface area contributed by atoms with Gasteiger partial charge in [-0.25, -0.2) is 4.79 Å². The minimum absolute atomic E-state index is 0.0777. The van der Waals surface area contributed by atoms with E-state index in [2.05, 4.69) is 0 Å². The summed E-state index contributed by atoms with van der Waals surface area (Å²) in [4.78, 5) is 10.5. The van der Waals surface area contributed by atoms with E-state index in [9.17, 15) is 18.0 Å². The van der Waals surface area contributed by atoms with Crippen LogP contribution in [0.4, 0.5) is 13.2 Å². The molecule has 0 aliphatic rings. The van der Waals surface area contributed by atoms with Gasteiger partial charge in [-0.15, -0.1) is 0 Å². The van der Waals surface area contributed by atoms with Crippen LogP contribution in [0.5, 0.6) is 5.75 Å². The monoisotopic (exact) mass is 268 g/mol. The van der Waals surface area contributed by atoms with Crippen LogP contribution >= 0.6 is 11.6 Å². The van der Waals surface area contributed by atoms with E-state index in [1.54, 1.807) is 0 Å². The van der Waals surface area contributed by atoms with E-state index in [1.165, 1.54) is 6.92 Å². The quantitative estimate of drug-likeness (QED) is 0.916. The molecule has 94 valence electrons. The Hall–Kier alpha value is -1.43. The minimum Gasteiger partial charge on any atom is -0.479 e. The molecule has 3 nitrogen and oxygen atoms in total. The van der Waals surface area contributed by atoms with Gasteiger partial charge in [0.2, 0.25) is 0 Å². The van der Waals surface area contributed by atoms with Crippen LogP contribution in [0.25, 0.3) is 0 Å². The zero-order chi connectivity index (χ0) is 13.2. The molecule has 17 heavy (non-hydrogen) atoms. The van der Waals surface area contributed by atoms with Crippen molar-refractivity contribution in [3.05, 3.63) is 28.8 Å². The number of halogens is 4. The first-order valence-corrected chi connectivity index (χ1v) is 4.86. The third-order valence-corrected chi connectivity index (χ3v) is 2.22. The van der Waals surface area contributed by atoms with E-state index in [4.69, 9.17) is 21.4 Å². The minimum atomic E-state index is -4.53. The summed E-state index contributed by atoms with van der Waals surface area (Å²) in [6.45, 7) is 1.19. The predicted molar refractivity (Wildman–Crippen MR) is 54.2 cm³/mol. The van der Waals surface area contributed by atoms with Gasteiger partial charge in [0.15, 0.2) is 6.10 Å². The second kappa shape index (κ2) is 4.83. The predicted octanol–water partition coefficient (Wildman–Crippen LogP) is 3.21. The molecule has 0 aliphatic carbocycles. The standard InChI is InChI=1S/C10H8ClF3O3/c1-5(9(15)16)17-8-4-6(10(12,13)14)2-3-7(8)11/h2-5H,1H3,(H,15,16). The lowest BCUT2D eigenvalue weighted by Gasteiger charge is -2.14. The van der Waals surface area contributed by atoms with Crippen molar-refractivity contribution in [1.29, 1.82) is 0 Å². The average Bonchev–Trinajstić information content (AvgIpc) is 2.19. The summed E-state index contributed by atoms with van der Waals surface area (Å²) in [6, 6.07) is 2.47. The van der Waals surface area contributed by atoms with Crippen molar-refractivity contribution in [3.63, 3.8) is 0 Å². The highest BCUT2D eigenvalue weighted by Gasteiger charge is 2.31. The number of carboxylic acids is 1. The molecule has 0 aliphatic heterocycles. The lowest BCUT2D eigenvalue weighted by molar-refractivity contribution is -0.144. The van der Waals surface area contributed by atoms with Crippen molar-refractivity contribution in [2.24, 2.45) is 0 Å². The van der Waals surface area contributed by atoms with Crippen LogP contribution in [-0.2, 0) is 11.0 Å². The fourth-order valence-corrected chi connectivity index (χ4v) is 1.17. The summed E-state index contributed by atoms with van der Waals surface area (Å²) in [5.41, 5.74) is -0.950. The molecular formula is C10H8ClF3O3. The van der Waals surface area contributed by atoms with Gasteiger partial charge in [-0.3, -0.25) is 0 Å². The van der Waals surface area contributed by atoms with Gasteiger partial charge in [0.25, 0.3) is 0 Å². The van der Waals surface area contributed by atoms with Gasteiger partial charge >= 0.3 is 12.1 Å². The lowest BCUT2D eigenvalue weighted by atomic mass is 10.2. The van der Waals surface area contributed by atoms with Gasteiger partial charge in [-0.05, 0) is 25.1 Å². The summed E-state index contributed by atoms with van der Waals surface area (Å²) >= 11 is 5.61. The lowest BCUT2D eigenvalue weighted by Crippen LogP contribution is -2.23. The van der Waals surface area contributed by atoms with Gasteiger partial charge < -0.3 is 9.84 Å². The molecule has 1 atom stereocenters. The van der Waals surface area contributed by atoms with Crippen molar-refractivity contribution >= 4 is 17.6 Å². The number of hydrogen-bond acceptors (Lipinski definition) is 2. The van der Waals surface area contributed by atoms with Crippen molar-refractivity contribution in [2.45, 2.75) is 19.2 Å². The molecule has 0 saturated carbocycles. The maximum atomic E-state index is 12.4. The highest BCUT2D eigenvalue weighted by atomic mass is 35.5. The Morgan fingerprint density at radius 1 is 1.47 bits per heavy atom. The van der Waals surface area contributed by atoms with Crippen LogP contribution in [0, 0.1) is 0 Å². The maximum Gasteiger partial charge on any atom is 0.416 e. The maximum absolute atomic E-state index is 12.4. The van der Waals surface area contributed by atoms with Crippen molar-refractivity contribution in [2.75, 3.05) is 0 Å². The molecule has 0 spiro atoms. The zero-order valence-corrected chi connectivity index (χ0v) is 9.34. The summed E-state index contributed by atoms with van der Waals surface area (Å²) in [6.07, 6.45) is -5.81. The fraction of sp³-hybridized carbons (Fsp3) is 0.300. The number of rotatable bonds is 3. The third-order valence-electron chi connectivity index (χ3n) is 1.91. The first-order chi connectivity index (χ1) is 7.71. The number of carbonyl (C=O) groups is 1. The first-order valence-electron chi connectivity index (χ1n) is 4.48. The van der Waals surface area contributed by atoms with Gasteiger partial charge in [-0.1, -0.05) is 11.6 Å². The number of ether oxygens (including phenoxy) is 1. The van der Waals surface area contributed by atoms with Crippen LogP contribution in [0.1, 0.15) is 12.5 Å². The average molecular weight is 269 g/mol. The van der Waals surface area contributed by atoms with Crippen molar-refractivity contribution in [1.82, 2.24) is 0 Å². The number of carboxylic acid groups (broad SMARTS) is 1. The van der Waals surface area contributed by atoms with E-state index in [-0.39, 0.29) is 10.8 Å². The Balaban J connectivity index is 3.03. The molecule has 1 unspecified atom stereocenters. The Bertz CT molecular complexity index is 431. The molecule has 7 heteroatoms. The Morgan fingerprint density at radius 2 is 2.06 bits per heavy atom. The van der Waals surface area contributed by atoms with Gasteiger partial charge in [0, 0.05) is 0 Å². The van der Waals surface area contributed by atoms with Crippen LogP contribution in [0.2, 0.25) is 5.02 Å². The molecular weight excluding hydrogens is 261 g/mol. The molecule has 0 aromatic heterocycles. The van der Waals surface area contributed by atoms with Gasteiger partial charge in [0.1, 0.15) is 5.75 Å². The number of benzene rings is 1. The Morgan fingerprint density at radius 3 is 2.53 bits per heavy atom. The molecule has 1 rings (SSSR count). The van der Waals surface area contributed by atoms with E-state index in [0.29, 0.717) is 6.07 Å². The SMILES string of the molecule is CC(Oc1cc(C(F)(F)F)ccc1Cl)C(=O)O. The molecule has 0 radical (unpaired) electrons. The second-order valence-corrected chi connectivity index (χ2v) is 3.65. The molecule has 1 aromatic carbocycles. The topological polar surface area (TPSA) is 46.5 Å². The molecule has 1 aromatic rings. The van der Waals surface area contributed by atoms with E-state index < -0.39 is 23.8 Å². The van der Waals surface area contributed by atoms with Crippen LogP contribution in [-0.4, -0.2) is 17.2 Å². The normalized spacial score (nSPS) is 13.2. The van der Waals surface area contributed by atoms with Crippen molar-refractivity contribution < 1.29 is 27.8 Å². The van der Waals surface area contributed by atoms with Crippen LogP contribution in [0.15, 0.2) is 18.2 Å². The van der Waals surface area contributed by atoms with Crippen LogP contribution < -0.4 is 4.74 Å². The highest BCUT2D eigenvalue weighted by molar-refractivity contribution is 6.32. The summed E-state index contributed by atoms with van der Waals surface area (Å²) in [7, 11) is 0. The number of alkyl halides is 3. The number of aliphatic carboxylic acids is 1. The van der Waals surface area contributed by atoms with Crippen molar-refractivity contribution in [3.8, 4) is 5.75 Å². The smallest absolute Gasteiger partial charge is 0.416 e. The van der Waals surface area contributed by atoms with E-state index >= 15 is 0 Å². The first kappa shape index (κ1) is 13.6. The molecule has 0 heterocycles. The fourth-order valence-electron chi connectivity index (χ4n) is 1.01. The van der Waals surface area contributed by atoms with Gasteiger partial charge in [-0.2, -0.15) is 13.2 Å². The number of hydrogen-bond donors (Lipinski definition) is 1. The summed E-state index contributed by atoms with van der Waals surface area (Å²) < 4.78 is 42.0. The molecule has 0 bridgehead atoms. The molecule has 0 saturated heterocycles.